The minimum atomic E-state index is 0. The van der Waals surface area contributed by atoms with Gasteiger partial charge in [0.25, 0.3) is 0 Å². The van der Waals surface area contributed by atoms with E-state index >= 15 is 0 Å². The Bertz CT molecular complexity index is 451. The van der Waals surface area contributed by atoms with E-state index in [4.69, 9.17) is 0 Å². The third kappa shape index (κ3) is 6.74. The molecule has 112 valence electrons. The van der Waals surface area contributed by atoms with Crippen molar-refractivity contribution in [1.29, 1.82) is 0 Å². The molecule has 0 radical (unpaired) electrons. The van der Waals surface area contributed by atoms with Crippen molar-refractivity contribution in [2.24, 2.45) is 0 Å². The topological polar surface area (TPSA) is 0 Å². The second-order valence-corrected chi connectivity index (χ2v) is 5.18. The normalized spacial score (nSPS) is 9.43. The summed E-state index contributed by atoms with van der Waals surface area (Å²) in [6.07, 6.45) is 0. The number of hydrogen-bond acceptors (Lipinski definition) is 0. The zero-order chi connectivity index (χ0) is 15.7. The maximum Gasteiger partial charge on any atom is 2.00 e. The summed E-state index contributed by atoms with van der Waals surface area (Å²) in [6.45, 7) is 19.0. The fourth-order valence-electron chi connectivity index (χ4n) is 2.00. The molecule has 0 aliphatic heterocycles. The Kier molecular flexibility index (Phi) is 12.8. The van der Waals surface area contributed by atoms with Crippen LogP contribution in [-0.4, -0.2) is 0 Å². The van der Waals surface area contributed by atoms with Crippen molar-refractivity contribution in [1.82, 2.24) is 0 Å². The molecule has 0 aromatic heterocycles. The van der Waals surface area contributed by atoms with Gasteiger partial charge in [-0.1, -0.05) is 64.1 Å². The van der Waals surface area contributed by atoms with Crippen LogP contribution in [0.2, 0.25) is 0 Å². The van der Waals surface area contributed by atoms with Gasteiger partial charge in [-0.15, -0.1) is 0 Å². The molecule has 0 atom stereocenters. The molecule has 0 amide bonds. The van der Waals surface area contributed by atoms with Crippen LogP contribution in [0.3, 0.4) is 0 Å². The van der Waals surface area contributed by atoms with Gasteiger partial charge < -0.3 is 13.8 Å². The molecule has 2 rings (SSSR count). The smallest absolute Gasteiger partial charge is 0.346 e. The summed E-state index contributed by atoms with van der Waals surface area (Å²) in [7, 11) is 0. The van der Waals surface area contributed by atoms with Crippen molar-refractivity contribution < 1.29 is 19.5 Å². The van der Waals surface area contributed by atoms with Gasteiger partial charge in [0.05, 0.1) is 0 Å². The maximum absolute atomic E-state index is 3.25. The first-order valence-electron chi connectivity index (χ1n) is 7.53. The first-order valence-corrected chi connectivity index (χ1v) is 7.53. The van der Waals surface area contributed by atoms with Crippen LogP contribution in [0.5, 0.6) is 0 Å². The monoisotopic (exact) mass is 334 g/mol. The summed E-state index contributed by atoms with van der Waals surface area (Å²) in [5.74, 6) is 1.21. The summed E-state index contributed by atoms with van der Waals surface area (Å²) in [5, 5.41) is 2.71. The Morgan fingerprint density at radius 1 is 0.619 bits per heavy atom. The number of hydrogen-bond donors (Lipinski definition) is 0. The average molecular weight is 336 g/mol. The Hall–Kier alpha value is -0.677. The zero-order valence-electron chi connectivity index (χ0n) is 14.7. The molecule has 1 heteroatoms. The molecular formula is C20H30Zn. The summed E-state index contributed by atoms with van der Waals surface area (Å²) in [5.41, 5.74) is 2.84. The third-order valence-corrected chi connectivity index (χ3v) is 3.22. The van der Waals surface area contributed by atoms with E-state index in [1.54, 1.807) is 13.8 Å². The van der Waals surface area contributed by atoms with Crippen molar-refractivity contribution in [3.8, 4) is 0 Å². The van der Waals surface area contributed by atoms with Gasteiger partial charge in [0.15, 0.2) is 0 Å². The molecular weight excluding hydrogens is 306 g/mol. The first-order chi connectivity index (χ1) is 9.58. The van der Waals surface area contributed by atoms with E-state index in [0.717, 1.165) is 0 Å². The van der Waals surface area contributed by atoms with Gasteiger partial charge in [-0.3, -0.25) is 0 Å². The molecule has 21 heavy (non-hydrogen) atoms. The van der Waals surface area contributed by atoms with Crippen LogP contribution in [-0.2, 0) is 19.5 Å². The van der Waals surface area contributed by atoms with Gasteiger partial charge in [0, 0.05) is 0 Å². The maximum atomic E-state index is 3.25. The first kappa shape index (κ1) is 22.6. The van der Waals surface area contributed by atoms with Crippen molar-refractivity contribution in [3.05, 3.63) is 61.4 Å². The standard InChI is InChI=1S/C16H20.2C2H5.Zn/c1-11(2)13-5-7-16-10-14(12(3)4)6-8-15(16)9-13;2*1-2;/h5-12H,1-4H3;2*1H2,2H3;/q;2*-1;+2. The molecule has 2 aromatic carbocycles. The molecule has 0 fully saturated rings. The van der Waals surface area contributed by atoms with E-state index in [0.29, 0.717) is 11.8 Å². The SMILES string of the molecule is CC(C)c1ccc2cc(C(C)C)ccc2c1.[CH2-]C.[CH2-]C.[Zn+2]. The van der Waals surface area contributed by atoms with Gasteiger partial charge in [-0.05, 0) is 33.7 Å². The largest absolute Gasteiger partial charge is 2.00 e. The van der Waals surface area contributed by atoms with Crippen LogP contribution in [0, 0.1) is 13.8 Å². The van der Waals surface area contributed by atoms with Crippen LogP contribution >= 0.6 is 0 Å². The molecule has 0 heterocycles. The molecule has 0 bridgehead atoms. The molecule has 0 unspecified atom stereocenters. The van der Waals surface area contributed by atoms with Crippen LogP contribution in [0.15, 0.2) is 36.4 Å². The molecule has 0 N–H and O–H groups in total. The third-order valence-electron chi connectivity index (χ3n) is 3.22. The minimum absolute atomic E-state index is 0. The molecule has 0 aliphatic rings. The van der Waals surface area contributed by atoms with E-state index < -0.39 is 0 Å². The van der Waals surface area contributed by atoms with Crippen LogP contribution in [0.25, 0.3) is 10.8 Å². The van der Waals surface area contributed by atoms with Crippen molar-refractivity contribution in [2.45, 2.75) is 53.4 Å². The molecule has 0 saturated carbocycles. The van der Waals surface area contributed by atoms with Gasteiger partial charge in [0.1, 0.15) is 0 Å². The van der Waals surface area contributed by atoms with E-state index in [-0.39, 0.29) is 19.5 Å². The summed E-state index contributed by atoms with van der Waals surface area (Å²) in [4.78, 5) is 0. The quantitative estimate of drug-likeness (QED) is 0.420. The molecule has 0 saturated heterocycles. The van der Waals surface area contributed by atoms with Crippen molar-refractivity contribution >= 4 is 10.8 Å². The summed E-state index contributed by atoms with van der Waals surface area (Å²) in [6, 6.07) is 13.6. The van der Waals surface area contributed by atoms with Gasteiger partial charge in [0.2, 0.25) is 0 Å². The van der Waals surface area contributed by atoms with E-state index in [1.165, 1.54) is 21.9 Å². The predicted octanol–water partition coefficient (Wildman–Crippen LogP) is 6.76. The predicted molar refractivity (Wildman–Crippen MR) is 94.2 cm³/mol. The number of rotatable bonds is 2. The van der Waals surface area contributed by atoms with Crippen LogP contribution in [0.4, 0.5) is 0 Å². The zero-order valence-corrected chi connectivity index (χ0v) is 17.7. The summed E-state index contributed by atoms with van der Waals surface area (Å²) < 4.78 is 0. The number of fused-ring (bicyclic) bond motifs is 1. The van der Waals surface area contributed by atoms with Crippen LogP contribution < -0.4 is 0 Å². The fraction of sp³-hybridized carbons (Fsp3) is 0.400. The fourth-order valence-corrected chi connectivity index (χ4v) is 2.00. The number of benzene rings is 2. The van der Waals surface area contributed by atoms with Gasteiger partial charge in [-0.2, -0.15) is 13.8 Å². The van der Waals surface area contributed by atoms with Crippen LogP contribution in [0.1, 0.15) is 64.5 Å². The van der Waals surface area contributed by atoms with Crippen molar-refractivity contribution in [3.63, 3.8) is 0 Å². The van der Waals surface area contributed by atoms with Gasteiger partial charge >= 0.3 is 19.5 Å². The van der Waals surface area contributed by atoms with Gasteiger partial charge in [-0.25, -0.2) is 0 Å². The van der Waals surface area contributed by atoms with Crippen molar-refractivity contribution in [2.75, 3.05) is 0 Å². The van der Waals surface area contributed by atoms with E-state index in [2.05, 4.69) is 77.9 Å². The second kappa shape index (κ2) is 11.9. The average Bonchev–Trinajstić information content (AvgIpc) is 2.50. The molecule has 0 nitrogen and oxygen atoms in total. The Labute approximate surface area is 145 Å². The molecule has 0 spiro atoms. The Morgan fingerprint density at radius 2 is 0.905 bits per heavy atom. The molecule has 0 aliphatic carbocycles. The summed E-state index contributed by atoms with van der Waals surface area (Å²) >= 11 is 0. The Morgan fingerprint density at radius 3 is 1.14 bits per heavy atom. The Balaban J connectivity index is 0. The second-order valence-electron chi connectivity index (χ2n) is 5.18. The van der Waals surface area contributed by atoms with E-state index in [1.807, 2.05) is 0 Å². The van der Waals surface area contributed by atoms with E-state index in [9.17, 15) is 0 Å². The minimum Gasteiger partial charge on any atom is -0.346 e. The molecule has 2 aromatic rings.